The fourth-order valence-electron chi connectivity index (χ4n) is 1.49. The first kappa shape index (κ1) is 12.8. The Hall–Kier alpha value is -2.19. The molecular weight excluding hydrogens is 278 g/mol. The molecule has 0 unspecified atom stereocenters. The molecule has 1 atom stereocenters. The number of ether oxygens (including phenoxy) is 1. The van der Waals surface area contributed by atoms with E-state index in [1.54, 1.807) is 31.8 Å². The van der Waals surface area contributed by atoms with E-state index < -0.39 is 0 Å². The molecule has 0 saturated heterocycles. The molecule has 3 aromatic rings. The van der Waals surface area contributed by atoms with E-state index in [0.717, 1.165) is 4.88 Å². The van der Waals surface area contributed by atoms with Crippen LogP contribution in [0.15, 0.2) is 29.2 Å². The third-order valence-corrected chi connectivity index (χ3v) is 3.61. The molecule has 0 spiro atoms. The number of aromatic nitrogens is 5. The predicted molar refractivity (Wildman–Crippen MR) is 71.9 cm³/mol. The lowest BCUT2D eigenvalue weighted by molar-refractivity contribution is 0.109. The van der Waals surface area contributed by atoms with Crippen molar-refractivity contribution in [1.29, 1.82) is 0 Å². The second kappa shape index (κ2) is 5.43. The Labute approximate surface area is 118 Å². The molecule has 3 aromatic heterocycles. The largest absolute Gasteiger partial charge is 0.374 e. The van der Waals surface area contributed by atoms with E-state index in [4.69, 9.17) is 9.26 Å². The van der Waals surface area contributed by atoms with Crippen molar-refractivity contribution >= 4 is 11.3 Å². The molecule has 0 radical (unpaired) electrons. The van der Waals surface area contributed by atoms with Crippen LogP contribution in [0.5, 0.6) is 0 Å². The molecule has 3 heterocycles. The highest BCUT2D eigenvalue weighted by atomic mass is 32.1. The van der Waals surface area contributed by atoms with Crippen LogP contribution in [0.3, 0.4) is 0 Å². The minimum atomic E-state index is -0.211. The molecule has 8 heteroatoms. The minimum absolute atomic E-state index is 0.211. The summed E-state index contributed by atoms with van der Waals surface area (Å²) >= 11 is 1.40. The normalized spacial score (nSPS) is 12.5. The molecular formula is C12H11N5O2S. The Kier molecular flexibility index (Phi) is 3.48. The summed E-state index contributed by atoms with van der Waals surface area (Å²) in [7, 11) is 1.60. The summed E-state index contributed by atoms with van der Waals surface area (Å²) in [6.45, 7) is 1.85. The number of methoxy groups -OCH3 is 1. The van der Waals surface area contributed by atoms with Crippen LogP contribution in [0.4, 0.5) is 0 Å². The Bertz CT molecular complexity index is 697. The van der Waals surface area contributed by atoms with Crippen LogP contribution >= 0.6 is 11.3 Å². The second-order valence-electron chi connectivity index (χ2n) is 3.94. The van der Waals surface area contributed by atoms with Crippen molar-refractivity contribution in [3.05, 3.63) is 30.5 Å². The van der Waals surface area contributed by atoms with Gasteiger partial charge in [-0.15, -0.1) is 11.3 Å². The van der Waals surface area contributed by atoms with E-state index in [9.17, 15) is 0 Å². The standard InChI is InChI=1S/C12H11N5O2S/c1-7(18-2)9-16-11(19-17-9)8-6-15-12(20-8)10-13-4-3-5-14-10/h3-7H,1-2H3/t7-/m1/s1. The zero-order chi connectivity index (χ0) is 13.9. The maximum Gasteiger partial charge on any atom is 0.269 e. The number of nitrogens with zero attached hydrogens (tertiary/aromatic N) is 5. The van der Waals surface area contributed by atoms with Crippen LogP contribution in [0, 0.1) is 0 Å². The first-order valence-corrected chi connectivity index (χ1v) is 6.69. The van der Waals surface area contributed by atoms with Crippen molar-refractivity contribution in [2.45, 2.75) is 13.0 Å². The zero-order valence-electron chi connectivity index (χ0n) is 10.8. The smallest absolute Gasteiger partial charge is 0.269 e. The van der Waals surface area contributed by atoms with Crippen molar-refractivity contribution in [2.75, 3.05) is 7.11 Å². The van der Waals surface area contributed by atoms with E-state index in [0.29, 0.717) is 22.5 Å². The molecule has 0 amide bonds. The van der Waals surface area contributed by atoms with Crippen molar-refractivity contribution in [2.24, 2.45) is 0 Å². The van der Waals surface area contributed by atoms with Gasteiger partial charge in [-0.25, -0.2) is 15.0 Å². The number of hydrogen-bond acceptors (Lipinski definition) is 8. The predicted octanol–water partition coefficient (Wildman–Crippen LogP) is 2.36. The van der Waals surface area contributed by atoms with Gasteiger partial charge in [-0.2, -0.15) is 4.98 Å². The van der Waals surface area contributed by atoms with Gasteiger partial charge in [-0.1, -0.05) is 5.16 Å². The highest BCUT2D eigenvalue weighted by Crippen LogP contribution is 2.29. The maximum atomic E-state index is 5.21. The summed E-state index contributed by atoms with van der Waals surface area (Å²) in [6.07, 6.45) is 4.81. The Morgan fingerprint density at radius 3 is 2.80 bits per heavy atom. The van der Waals surface area contributed by atoms with E-state index >= 15 is 0 Å². The monoisotopic (exact) mass is 289 g/mol. The van der Waals surface area contributed by atoms with Gasteiger partial charge < -0.3 is 9.26 Å². The van der Waals surface area contributed by atoms with Crippen LogP contribution in [0.1, 0.15) is 18.9 Å². The van der Waals surface area contributed by atoms with Gasteiger partial charge in [0.1, 0.15) is 11.0 Å². The second-order valence-corrected chi connectivity index (χ2v) is 4.97. The highest BCUT2D eigenvalue weighted by Gasteiger charge is 2.17. The molecule has 0 aromatic carbocycles. The summed E-state index contributed by atoms with van der Waals surface area (Å²) < 4.78 is 10.4. The molecule has 0 aliphatic rings. The maximum absolute atomic E-state index is 5.21. The van der Waals surface area contributed by atoms with Crippen molar-refractivity contribution in [1.82, 2.24) is 25.1 Å². The zero-order valence-corrected chi connectivity index (χ0v) is 11.7. The van der Waals surface area contributed by atoms with Gasteiger partial charge in [0.05, 0.1) is 6.20 Å². The average Bonchev–Trinajstić information content (AvgIpc) is 3.16. The van der Waals surface area contributed by atoms with Crippen molar-refractivity contribution < 1.29 is 9.26 Å². The number of thiazole rings is 1. The number of rotatable bonds is 4. The van der Waals surface area contributed by atoms with Crippen molar-refractivity contribution in [3.63, 3.8) is 0 Å². The summed E-state index contributed by atoms with van der Waals surface area (Å²) in [6, 6.07) is 1.76. The van der Waals surface area contributed by atoms with Gasteiger partial charge in [0.15, 0.2) is 10.8 Å². The molecule has 20 heavy (non-hydrogen) atoms. The SMILES string of the molecule is CO[C@H](C)c1noc(-c2cnc(-c3ncccn3)s2)n1. The third-order valence-electron chi connectivity index (χ3n) is 2.63. The van der Waals surface area contributed by atoms with Gasteiger partial charge in [-0.05, 0) is 13.0 Å². The minimum Gasteiger partial charge on any atom is -0.374 e. The Morgan fingerprint density at radius 1 is 1.25 bits per heavy atom. The summed E-state index contributed by atoms with van der Waals surface area (Å²) in [5.74, 6) is 1.51. The van der Waals surface area contributed by atoms with Crippen LogP contribution in [0.2, 0.25) is 0 Å². The molecule has 0 N–H and O–H groups in total. The molecule has 0 fully saturated rings. The molecule has 0 aliphatic heterocycles. The van der Waals surface area contributed by atoms with Gasteiger partial charge in [0.2, 0.25) is 5.82 Å². The van der Waals surface area contributed by atoms with E-state index in [2.05, 4.69) is 25.1 Å². The molecule has 0 saturated carbocycles. The fraction of sp³-hybridized carbons (Fsp3) is 0.250. The molecule has 3 rings (SSSR count). The highest BCUT2D eigenvalue weighted by molar-refractivity contribution is 7.18. The lowest BCUT2D eigenvalue weighted by Gasteiger charge is -2.00. The summed E-state index contributed by atoms with van der Waals surface area (Å²) in [5, 5.41) is 4.59. The van der Waals surface area contributed by atoms with Gasteiger partial charge in [0, 0.05) is 19.5 Å². The van der Waals surface area contributed by atoms with Crippen LogP contribution in [-0.2, 0) is 4.74 Å². The lowest BCUT2D eigenvalue weighted by atomic mass is 10.4. The summed E-state index contributed by atoms with van der Waals surface area (Å²) in [4.78, 5) is 17.6. The quantitative estimate of drug-likeness (QED) is 0.728. The Morgan fingerprint density at radius 2 is 2.05 bits per heavy atom. The van der Waals surface area contributed by atoms with Gasteiger partial charge in [0.25, 0.3) is 5.89 Å². The molecule has 102 valence electrons. The van der Waals surface area contributed by atoms with E-state index in [-0.39, 0.29) is 6.10 Å². The van der Waals surface area contributed by atoms with Gasteiger partial charge >= 0.3 is 0 Å². The average molecular weight is 289 g/mol. The van der Waals surface area contributed by atoms with Crippen LogP contribution in [-0.4, -0.2) is 32.2 Å². The fourth-order valence-corrected chi connectivity index (χ4v) is 2.28. The first-order valence-electron chi connectivity index (χ1n) is 5.88. The molecule has 0 bridgehead atoms. The lowest BCUT2D eigenvalue weighted by Crippen LogP contribution is -1.97. The third kappa shape index (κ3) is 2.43. The van der Waals surface area contributed by atoms with E-state index in [1.165, 1.54) is 11.3 Å². The number of hydrogen-bond donors (Lipinski definition) is 0. The first-order chi connectivity index (χ1) is 9.78. The molecule has 0 aliphatic carbocycles. The topological polar surface area (TPSA) is 86.8 Å². The van der Waals surface area contributed by atoms with E-state index in [1.807, 2.05) is 6.92 Å². The van der Waals surface area contributed by atoms with Crippen LogP contribution < -0.4 is 0 Å². The van der Waals surface area contributed by atoms with Crippen LogP contribution in [0.25, 0.3) is 21.6 Å². The van der Waals surface area contributed by atoms with Crippen molar-refractivity contribution in [3.8, 4) is 21.6 Å². The van der Waals surface area contributed by atoms with Gasteiger partial charge in [-0.3, -0.25) is 0 Å². The molecule has 7 nitrogen and oxygen atoms in total. The Balaban J connectivity index is 1.89. The summed E-state index contributed by atoms with van der Waals surface area (Å²) in [5.41, 5.74) is 0.